The lowest BCUT2D eigenvalue weighted by molar-refractivity contribution is 0.0408. The third kappa shape index (κ3) is 3.36. The molecular formula is C16H23N3OS. The molecule has 1 fully saturated rings. The van der Waals surface area contributed by atoms with Gasteiger partial charge in [-0.25, -0.2) is 4.98 Å². The lowest BCUT2D eigenvalue weighted by atomic mass is 9.92. The van der Waals surface area contributed by atoms with Gasteiger partial charge in [0.2, 0.25) is 0 Å². The van der Waals surface area contributed by atoms with Crippen LogP contribution in [0, 0.1) is 12.8 Å². The van der Waals surface area contributed by atoms with Crippen molar-refractivity contribution < 1.29 is 5.11 Å². The third-order valence-corrected chi connectivity index (χ3v) is 5.27. The molecule has 0 bridgehead atoms. The number of aryl methyl sites for hydroxylation is 2. The van der Waals surface area contributed by atoms with Gasteiger partial charge in [-0.15, -0.1) is 11.3 Å². The molecule has 1 N–H and O–H groups in total. The van der Waals surface area contributed by atoms with Crippen molar-refractivity contribution in [1.82, 2.24) is 14.5 Å². The zero-order chi connectivity index (χ0) is 14.8. The molecule has 0 saturated carbocycles. The Morgan fingerprint density at radius 1 is 1.48 bits per heavy atom. The van der Waals surface area contributed by atoms with Crippen molar-refractivity contribution in [2.45, 2.75) is 32.4 Å². The highest BCUT2D eigenvalue weighted by atomic mass is 32.1. The Hall–Kier alpha value is -1.17. The van der Waals surface area contributed by atoms with Crippen LogP contribution in [-0.2, 0) is 13.6 Å². The second-order valence-corrected chi connectivity index (χ2v) is 7.36. The monoisotopic (exact) mass is 305 g/mol. The van der Waals surface area contributed by atoms with E-state index in [1.807, 2.05) is 29.1 Å². The van der Waals surface area contributed by atoms with Gasteiger partial charge in [0, 0.05) is 48.2 Å². The van der Waals surface area contributed by atoms with Crippen LogP contribution in [0.25, 0.3) is 0 Å². The zero-order valence-corrected chi connectivity index (χ0v) is 13.5. The Balaban J connectivity index is 1.64. The summed E-state index contributed by atoms with van der Waals surface area (Å²) in [5, 5.41) is 10.6. The molecule has 2 aromatic rings. The van der Waals surface area contributed by atoms with E-state index in [4.69, 9.17) is 0 Å². The zero-order valence-electron chi connectivity index (χ0n) is 12.7. The highest BCUT2D eigenvalue weighted by molar-refractivity contribution is 7.11. The number of rotatable bonds is 4. The molecule has 2 atom stereocenters. The fraction of sp³-hybridized carbons (Fsp3) is 0.562. The van der Waals surface area contributed by atoms with E-state index >= 15 is 0 Å². The van der Waals surface area contributed by atoms with Gasteiger partial charge in [0.15, 0.2) is 0 Å². The van der Waals surface area contributed by atoms with E-state index in [-0.39, 0.29) is 5.92 Å². The second kappa shape index (κ2) is 6.30. The molecule has 2 aromatic heterocycles. The Morgan fingerprint density at radius 2 is 2.33 bits per heavy atom. The second-order valence-electron chi connectivity index (χ2n) is 5.99. The normalized spacial score (nSPS) is 21.6. The summed E-state index contributed by atoms with van der Waals surface area (Å²) < 4.78 is 1.92. The van der Waals surface area contributed by atoms with Crippen LogP contribution in [0.2, 0.25) is 0 Å². The van der Waals surface area contributed by atoms with E-state index in [0.717, 1.165) is 38.3 Å². The van der Waals surface area contributed by atoms with E-state index < -0.39 is 6.10 Å². The number of thiophene rings is 1. The summed E-state index contributed by atoms with van der Waals surface area (Å²) in [6.07, 6.45) is 5.42. The van der Waals surface area contributed by atoms with Crippen LogP contribution in [0.15, 0.2) is 24.5 Å². The first-order chi connectivity index (χ1) is 10.1. The Labute approximate surface area is 130 Å². The maximum atomic E-state index is 10.6. The van der Waals surface area contributed by atoms with Crippen LogP contribution >= 0.6 is 11.3 Å². The summed E-state index contributed by atoms with van der Waals surface area (Å²) in [6.45, 7) is 5.23. The Bertz CT molecular complexity index is 592. The van der Waals surface area contributed by atoms with Crippen molar-refractivity contribution in [3.8, 4) is 0 Å². The van der Waals surface area contributed by atoms with E-state index in [9.17, 15) is 5.11 Å². The minimum Gasteiger partial charge on any atom is -0.385 e. The molecule has 1 aliphatic heterocycles. The number of nitrogens with zero attached hydrogens (tertiary/aromatic N) is 3. The smallest absolute Gasteiger partial charge is 0.137 e. The first-order valence-corrected chi connectivity index (χ1v) is 8.38. The average molecular weight is 305 g/mol. The van der Waals surface area contributed by atoms with Crippen molar-refractivity contribution in [3.05, 3.63) is 40.1 Å². The van der Waals surface area contributed by atoms with E-state index in [1.54, 1.807) is 6.20 Å². The van der Waals surface area contributed by atoms with Crippen LogP contribution in [0.4, 0.5) is 0 Å². The molecule has 0 aliphatic carbocycles. The van der Waals surface area contributed by atoms with Gasteiger partial charge in [-0.1, -0.05) is 0 Å². The first kappa shape index (κ1) is 14.8. The van der Waals surface area contributed by atoms with Crippen molar-refractivity contribution in [2.75, 3.05) is 13.1 Å². The predicted octanol–water partition coefficient (Wildman–Crippen LogP) is 2.74. The highest BCUT2D eigenvalue weighted by Crippen LogP contribution is 2.30. The number of imidazole rings is 1. The van der Waals surface area contributed by atoms with Crippen molar-refractivity contribution in [3.63, 3.8) is 0 Å². The van der Waals surface area contributed by atoms with Crippen molar-refractivity contribution >= 4 is 11.3 Å². The minimum atomic E-state index is -0.460. The molecule has 1 saturated heterocycles. The van der Waals surface area contributed by atoms with Crippen LogP contribution in [0.3, 0.4) is 0 Å². The van der Waals surface area contributed by atoms with Gasteiger partial charge in [0.05, 0.1) is 0 Å². The average Bonchev–Trinajstić information content (AvgIpc) is 3.07. The number of aliphatic hydroxyl groups excluding tert-OH is 1. The fourth-order valence-corrected chi connectivity index (χ4v) is 4.09. The summed E-state index contributed by atoms with van der Waals surface area (Å²) in [5.41, 5.74) is 0. The molecule has 0 aromatic carbocycles. The van der Waals surface area contributed by atoms with Crippen LogP contribution in [0.5, 0.6) is 0 Å². The van der Waals surface area contributed by atoms with Gasteiger partial charge < -0.3 is 9.67 Å². The summed E-state index contributed by atoms with van der Waals surface area (Å²) in [4.78, 5) is 9.55. The lowest BCUT2D eigenvalue weighted by Crippen LogP contribution is -2.37. The first-order valence-electron chi connectivity index (χ1n) is 7.56. The molecular weight excluding hydrogens is 282 g/mol. The molecule has 3 rings (SSSR count). The molecule has 21 heavy (non-hydrogen) atoms. The molecule has 0 spiro atoms. The molecule has 114 valence electrons. The topological polar surface area (TPSA) is 41.3 Å². The largest absolute Gasteiger partial charge is 0.385 e. The summed E-state index contributed by atoms with van der Waals surface area (Å²) in [5.74, 6) is 1.06. The molecule has 5 heteroatoms. The molecule has 0 unspecified atom stereocenters. The Kier molecular flexibility index (Phi) is 4.42. The molecule has 0 radical (unpaired) electrons. The third-order valence-electron chi connectivity index (χ3n) is 4.29. The highest BCUT2D eigenvalue weighted by Gasteiger charge is 2.29. The van der Waals surface area contributed by atoms with Crippen LogP contribution in [-0.4, -0.2) is 32.6 Å². The van der Waals surface area contributed by atoms with Gasteiger partial charge in [-0.05, 0) is 38.4 Å². The Morgan fingerprint density at radius 3 is 3.00 bits per heavy atom. The van der Waals surface area contributed by atoms with E-state index in [0.29, 0.717) is 0 Å². The molecule has 0 amide bonds. The van der Waals surface area contributed by atoms with E-state index in [2.05, 4.69) is 28.9 Å². The number of likely N-dealkylation sites (tertiary alicyclic amines) is 1. The van der Waals surface area contributed by atoms with E-state index in [1.165, 1.54) is 9.75 Å². The number of piperidine rings is 1. The lowest BCUT2D eigenvalue weighted by Gasteiger charge is -2.34. The van der Waals surface area contributed by atoms with Crippen LogP contribution < -0.4 is 0 Å². The van der Waals surface area contributed by atoms with Gasteiger partial charge >= 0.3 is 0 Å². The van der Waals surface area contributed by atoms with Gasteiger partial charge in [-0.2, -0.15) is 0 Å². The molecule has 3 heterocycles. The molecule has 4 nitrogen and oxygen atoms in total. The summed E-state index contributed by atoms with van der Waals surface area (Å²) in [7, 11) is 1.95. The maximum Gasteiger partial charge on any atom is 0.137 e. The maximum absolute atomic E-state index is 10.6. The number of aliphatic hydroxyl groups is 1. The fourth-order valence-electron chi connectivity index (χ4n) is 3.16. The van der Waals surface area contributed by atoms with Gasteiger partial charge in [-0.3, -0.25) is 4.90 Å². The quantitative estimate of drug-likeness (QED) is 0.944. The van der Waals surface area contributed by atoms with Gasteiger partial charge in [0.1, 0.15) is 11.9 Å². The van der Waals surface area contributed by atoms with Crippen LogP contribution in [0.1, 0.15) is 34.5 Å². The van der Waals surface area contributed by atoms with Gasteiger partial charge in [0.25, 0.3) is 0 Å². The number of hydrogen-bond donors (Lipinski definition) is 1. The standard InChI is InChI=1S/C16H23N3OS/c1-12-5-6-14(21-12)11-19-8-3-4-13(10-19)15(20)16-17-7-9-18(16)2/h5-7,9,13,15,20H,3-4,8,10-11H2,1-2H3/t13-,15-/m0/s1. The predicted molar refractivity (Wildman–Crippen MR) is 85.2 cm³/mol. The number of hydrogen-bond acceptors (Lipinski definition) is 4. The van der Waals surface area contributed by atoms with Crippen molar-refractivity contribution in [1.29, 1.82) is 0 Å². The minimum absolute atomic E-state index is 0.279. The molecule has 1 aliphatic rings. The van der Waals surface area contributed by atoms with Crippen molar-refractivity contribution in [2.24, 2.45) is 13.0 Å². The summed E-state index contributed by atoms with van der Waals surface area (Å²) >= 11 is 1.87. The number of aromatic nitrogens is 2. The summed E-state index contributed by atoms with van der Waals surface area (Å²) in [6, 6.07) is 4.41. The SMILES string of the molecule is Cc1ccc(CN2CCC[C@H]([C@H](O)c3nccn3C)C2)s1.